The molecule has 0 aliphatic rings. The van der Waals surface area contributed by atoms with Gasteiger partial charge < -0.3 is 15.8 Å². The normalized spacial score (nSPS) is 11.6. The lowest BCUT2D eigenvalue weighted by atomic mass is 10.2. The summed E-state index contributed by atoms with van der Waals surface area (Å²) in [7, 11) is 0. The van der Waals surface area contributed by atoms with E-state index in [1.54, 1.807) is 5.38 Å². The van der Waals surface area contributed by atoms with Gasteiger partial charge in [0, 0.05) is 0 Å². The molecule has 0 aliphatic carbocycles. The van der Waals surface area contributed by atoms with Gasteiger partial charge in [0.05, 0.1) is 16.1 Å². The molecule has 0 fully saturated rings. The van der Waals surface area contributed by atoms with E-state index in [4.69, 9.17) is 22.1 Å². The molecule has 0 unspecified atom stereocenters. The molecule has 2 amide bonds. The summed E-state index contributed by atoms with van der Waals surface area (Å²) in [6.07, 6.45) is -1.17. The van der Waals surface area contributed by atoms with E-state index in [2.05, 4.69) is 5.32 Å². The van der Waals surface area contributed by atoms with Crippen LogP contribution in [0.5, 0.6) is 0 Å². The maximum absolute atomic E-state index is 13.0. The maximum Gasteiger partial charge on any atom is 0.340 e. The summed E-state index contributed by atoms with van der Waals surface area (Å²) in [4.78, 5) is 35.3. The number of esters is 1. The average molecular weight is 371 g/mol. The topological polar surface area (TPSA) is 98.5 Å². The predicted molar refractivity (Wildman–Crippen MR) is 87.8 cm³/mol. The first-order valence-corrected chi connectivity index (χ1v) is 7.89. The molecule has 126 valence electrons. The molecule has 2 rings (SSSR count). The highest BCUT2D eigenvalue weighted by atomic mass is 35.5. The van der Waals surface area contributed by atoms with E-state index in [9.17, 15) is 18.8 Å². The quantitative estimate of drug-likeness (QED) is 0.790. The minimum absolute atomic E-state index is 0.0633. The van der Waals surface area contributed by atoms with Crippen molar-refractivity contribution >= 4 is 45.7 Å². The number of hydrogen-bond donors (Lipinski definition) is 2. The van der Waals surface area contributed by atoms with Gasteiger partial charge >= 0.3 is 5.97 Å². The van der Waals surface area contributed by atoms with Crippen LogP contribution in [-0.4, -0.2) is 23.9 Å². The molecule has 1 aromatic carbocycles. The van der Waals surface area contributed by atoms with Crippen molar-refractivity contribution in [3.8, 4) is 0 Å². The number of benzene rings is 1. The summed E-state index contributed by atoms with van der Waals surface area (Å²) >= 11 is 6.87. The molecule has 1 atom stereocenters. The Morgan fingerprint density at radius 1 is 1.29 bits per heavy atom. The second-order valence-electron chi connectivity index (χ2n) is 4.69. The van der Waals surface area contributed by atoms with E-state index >= 15 is 0 Å². The number of ether oxygens (including phenoxy) is 1. The molecule has 6 nitrogen and oxygen atoms in total. The molecule has 0 radical (unpaired) electrons. The molecule has 1 aromatic heterocycles. The molecule has 0 spiro atoms. The van der Waals surface area contributed by atoms with Crippen LogP contribution < -0.4 is 11.1 Å². The first kappa shape index (κ1) is 17.9. The molecule has 9 heteroatoms. The average Bonchev–Trinajstić information content (AvgIpc) is 2.95. The first-order chi connectivity index (χ1) is 11.3. The Labute approximate surface area is 145 Å². The van der Waals surface area contributed by atoms with Crippen LogP contribution in [0.1, 0.15) is 27.6 Å². The van der Waals surface area contributed by atoms with Crippen LogP contribution in [0, 0.1) is 5.82 Å². The number of thiophene rings is 1. The lowest BCUT2D eigenvalue weighted by Gasteiger charge is -2.14. The highest BCUT2D eigenvalue weighted by molar-refractivity contribution is 7.14. The number of carbonyl (C=O) groups is 3. The molecule has 0 saturated carbocycles. The van der Waals surface area contributed by atoms with E-state index in [1.165, 1.54) is 13.0 Å². The van der Waals surface area contributed by atoms with E-state index in [0.717, 1.165) is 29.5 Å². The number of nitrogens with two attached hydrogens (primary N) is 1. The number of anilines is 1. The highest BCUT2D eigenvalue weighted by Crippen LogP contribution is 2.23. The lowest BCUT2D eigenvalue weighted by molar-refractivity contribution is -0.123. The molecular formula is C15H12ClFN2O4S. The Morgan fingerprint density at radius 2 is 2.00 bits per heavy atom. The number of hydrogen-bond acceptors (Lipinski definition) is 5. The van der Waals surface area contributed by atoms with Gasteiger partial charge in [-0.05, 0) is 36.6 Å². The van der Waals surface area contributed by atoms with Crippen molar-refractivity contribution in [2.24, 2.45) is 5.73 Å². The molecular weight excluding hydrogens is 359 g/mol. The third-order valence-corrected chi connectivity index (χ3v) is 4.11. The van der Waals surface area contributed by atoms with Crippen LogP contribution in [0.15, 0.2) is 29.6 Å². The van der Waals surface area contributed by atoms with Gasteiger partial charge in [0.25, 0.3) is 11.8 Å². The van der Waals surface area contributed by atoms with Gasteiger partial charge in [-0.2, -0.15) is 0 Å². The Kier molecular flexibility index (Phi) is 5.53. The number of nitrogens with one attached hydrogen (secondary N) is 1. The fourth-order valence-electron chi connectivity index (χ4n) is 1.75. The molecule has 0 saturated heterocycles. The van der Waals surface area contributed by atoms with Gasteiger partial charge in [-0.1, -0.05) is 11.6 Å². The molecule has 3 N–H and O–H groups in total. The Bertz CT molecular complexity index is 809. The zero-order valence-corrected chi connectivity index (χ0v) is 13.9. The molecule has 0 aliphatic heterocycles. The monoisotopic (exact) mass is 370 g/mol. The second-order valence-corrected chi connectivity index (χ2v) is 6.01. The van der Waals surface area contributed by atoms with Crippen molar-refractivity contribution in [3.63, 3.8) is 0 Å². The van der Waals surface area contributed by atoms with Gasteiger partial charge in [-0.25, -0.2) is 9.18 Å². The first-order valence-electron chi connectivity index (χ1n) is 6.63. The van der Waals surface area contributed by atoms with E-state index in [0.29, 0.717) is 0 Å². The van der Waals surface area contributed by atoms with Crippen LogP contribution in [-0.2, 0) is 9.53 Å². The number of halogens is 2. The fraction of sp³-hybridized carbons (Fsp3) is 0.133. The van der Waals surface area contributed by atoms with Crippen molar-refractivity contribution in [1.82, 2.24) is 0 Å². The minimum atomic E-state index is -1.17. The van der Waals surface area contributed by atoms with E-state index in [1.807, 2.05) is 0 Å². The van der Waals surface area contributed by atoms with Gasteiger partial charge in [-0.15, -0.1) is 11.3 Å². The second kappa shape index (κ2) is 7.41. The number of rotatable bonds is 5. The van der Waals surface area contributed by atoms with Crippen LogP contribution in [0.2, 0.25) is 5.02 Å². The van der Waals surface area contributed by atoms with Gasteiger partial charge in [0.1, 0.15) is 10.8 Å². The van der Waals surface area contributed by atoms with Gasteiger partial charge in [0.2, 0.25) is 0 Å². The Balaban J connectivity index is 2.04. The summed E-state index contributed by atoms with van der Waals surface area (Å²) in [5.74, 6) is -2.80. The molecule has 0 bridgehead atoms. The number of amides is 2. The summed E-state index contributed by atoms with van der Waals surface area (Å²) in [6.45, 7) is 1.35. The highest BCUT2D eigenvalue weighted by Gasteiger charge is 2.22. The Morgan fingerprint density at radius 3 is 2.62 bits per heavy atom. The SMILES string of the molecule is C[C@@H](OC(=O)c1ccc(F)cc1Cl)C(=O)Nc1sccc1C(N)=O. The van der Waals surface area contributed by atoms with Gasteiger partial charge in [0.15, 0.2) is 6.10 Å². The van der Waals surface area contributed by atoms with Crippen molar-refractivity contribution in [3.05, 3.63) is 51.6 Å². The van der Waals surface area contributed by atoms with E-state index in [-0.39, 0.29) is 21.2 Å². The van der Waals surface area contributed by atoms with Crippen LogP contribution >= 0.6 is 22.9 Å². The summed E-state index contributed by atoms with van der Waals surface area (Å²) in [5, 5.41) is 4.18. The van der Waals surface area contributed by atoms with Crippen molar-refractivity contribution in [1.29, 1.82) is 0 Å². The lowest BCUT2D eigenvalue weighted by Crippen LogP contribution is -2.30. The third kappa shape index (κ3) is 4.09. The number of primary amides is 1. The smallest absolute Gasteiger partial charge is 0.340 e. The standard InChI is InChI=1S/C15H12ClFN2O4S/c1-7(13(21)19-14-10(12(18)20)4-5-24-14)23-15(22)9-3-2-8(17)6-11(9)16/h2-7H,1H3,(H2,18,20)(H,19,21)/t7-/m1/s1. The zero-order chi connectivity index (χ0) is 17.9. The minimum Gasteiger partial charge on any atom is -0.449 e. The summed E-state index contributed by atoms with van der Waals surface area (Å²) in [5.41, 5.74) is 5.28. The summed E-state index contributed by atoms with van der Waals surface area (Å²) < 4.78 is 18.0. The number of carbonyl (C=O) groups excluding carboxylic acids is 3. The van der Waals surface area contributed by atoms with Gasteiger partial charge in [-0.3, -0.25) is 9.59 Å². The van der Waals surface area contributed by atoms with E-state index < -0.39 is 29.7 Å². The molecule has 24 heavy (non-hydrogen) atoms. The molecule has 2 aromatic rings. The largest absolute Gasteiger partial charge is 0.449 e. The zero-order valence-electron chi connectivity index (χ0n) is 12.3. The maximum atomic E-state index is 13.0. The van der Waals surface area contributed by atoms with Crippen molar-refractivity contribution < 1.29 is 23.5 Å². The van der Waals surface area contributed by atoms with Crippen molar-refractivity contribution in [2.45, 2.75) is 13.0 Å². The fourth-order valence-corrected chi connectivity index (χ4v) is 2.79. The molecule has 1 heterocycles. The van der Waals surface area contributed by atoms with Crippen LogP contribution in [0.25, 0.3) is 0 Å². The van der Waals surface area contributed by atoms with Crippen LogP contribution in [0.3, 0.4) is 0 Å². The summed E-state index contributed by atoms with van der Waals surface area (Å²) in [6, 6.07) is 4.65. The predicted octanol–water partition coefficient (Wildman–Crippen LogP) is 2.82. The van der Waals surface area contributed by atoms with Crippen LogP contribution in [0.4, 0.5) is 9.39 Å². The van der Waals surface area contributed by atoms with Crippen molar-refractivity contribution in [2.75, 3.05) is 5.32 Å². The third-order valence-electron chi connectivity index (χ3n) is 2.97. The Hall–Kier alpha value is -2.45.